The Labute approximate surface area is 69.4 Å². The zero-order valence-electron chi connectivity index (χ0n) is 7.60. The van der Waals surface area contributed by atoms with E-state index < -0.39 is 0 Å². The SMILES string of the molecule is CCC[C@@H](CCCC=O)NC. The molecule has 0 rings (SSSR count). The lowest BCUT2D eigenvalue weighted by atomic mass is 10.1. The molecule has 0 bridgehead atoms. The molecule has 0 saturated carbocycles. The summed E-state index contributed by atoms with van der Waals surface area (Å²) >= 11 is 0. The largest absolute Gasteiger partial charge is 0.317 e. The molecule has 0 aliphatic rings. The average molecular weight is 157 g/mol. The smallest absolute Gasteiger partial charge is 0.119 e. The van der Waals surface area contributed by atoms with Crippen molar-refractivity contribution in [1.29, 1.82) is 0 Å². The molecule has 0 spiro atoms. The minimum absolute atomic E-state index is 0.611. The van der Waals surface area contributed by atoms with E-state index in [2.05, 4.69) is 12.2 Å². The maximum atomic E-state index is 10.0. The lowest BCUT2D eigenvalue weighted by Crippen LogP contribution is -2.24. The van der Waals surface area contributed by atoms with Gasteiger partial charge in [0.1, 0.15) is 6.29 Å². The van der Waals surface area contributed by atoms with Crippen LogP contribution >= 0.6 is 0 Å². The number of hydrogen-bond donors (Lipinski definition) is 1. The van der Waals surface area contributed by atoms with E-state index in [0.717, 1.165) is 19.1 Å². The van der Waals surface area contributed by atoms with Gasteiger partial charge in [-0.3, -0.25) is 0 Å². The van der Waals surface area contributed by atoms with E-state index in [1.165, 1.54) is 12.8 Å². The third-order valence-electron chi connectivity index (χ3n) is 1.92. The molecule has 0 fully saturated rings. The van der Waals surface area contributed by atoms with Crippen LogP contribution < -0.4 is 5.32 Å². The summed E-state index contributed by atoms with van der Waals surface area (Å²) in [6.45, 7) is 2.18. The predicted molar refractivity (Wildman–Crippen MR) is 47.7 cm³/mol. The third kappa shape index (κ3) is 6.05. The van der Waals surface area contributed by atoms with E-state index >= 15 is 0 Å². The standard InChI is InChI=1S/C9H19NO/c1-3-6-9(10-2)7-4-5-8-11/h8-10H,3-7H2,1-2H3/t9-/m0/s1. The van der Waals surface area contributed by atoms with Crippen LogP contribution in [0.2, 0.25) is 0 Å². The Morgan fingerprint density at radius 3 is 2.64 bits per heavy atom. The fourth-order valence-corrected chi connectivity index (χ4v) is 1.23. The van der Waals surface area contributed by atoms with E-state index in [1.807, 2.05) is 7.05 Å². The molecule has 0 aromatic heterocycles. The molecule has 0 aromatic rings. The van der Waals surface area contributed by atoms with Gasteiger partial charge in [0.25, 0.3) is 0 Å². The third-order valence-corrected chi connectivity index (χ3v) is 1.92. The van der Waals surface area contributed by atoms with E-state index in [9.17, 15) is 4.79 Å². The normalized spacial score (nSPS) is 12.9. The van der Waals surface area contributed by atoms with Crippen molar-refractivity contribution in [3.8, 4) is 0 Å². The minimum atomic E-state index is 0.611. The second kappa shape index (κ2) is 7.73. The quantitative estimate of drug-likeness (QED) is 0.450. The molecule has 0 aliphatic carbocycles. The Hall–Kier alpha value is -0.370. The van der Waals surface area contributed by atoms with Crippen LogP contribution in [0.4, 0.5) is 0 Å². The van der Waals surface area contributed by atoms with Crippen LogP contribution in [0.25, 0.3) is 0 Å². The van der Waals surface area contributed by atoms with Gasteiger partial charge in [0.05, 0.1) is 0 Å². The number of unbranched alkanes of at least 4 members (excludes halogenated alkanes) is 1. The molecule has 0 heterocycles. The molecular weight excluding hydrogens is 138 g/mol. The van der Waals surface area contributed by atoms with Gasteiger partial charge in [-0.05, 0) is 26.3 Å². The van der Waals surface area contributed by atoms with E-state index in [-0.39, 0.29) is 0 Å². The number of hydrogen-bond acceptors (Lipinski definition) is 2. The molecule has 0 aromatic carbocycles. The van der Waals surface area contributed by atoms with Crippen molar-refractivity contribution in [2.45, 2.75) is 45.1 Å². The molecule has 0 aliphatic heterocycles. The summed E-state index contributed by atoms with van der Waals surface area (Å²) < 4.78 is 0. The first-order valence-electron chi connectivity index (χ1n) is 4.46. The molecule has 1 N–H and O–H groups in total. The molecule has 66 valence electrons. The highest BCUT2D eigenvalue weighted by Crippen LogP contribution is 2.04. The van der Waals surface area contributed by atoms with Gasteiger partial charge < -0.3 is 10.1 Å². The monoisotopic (exact) mass is 157 g/mol. The van der Waals surface area contributed by atoms with Gasteiger partial charge in [0.15, 0.2) is 0 Å². The second-order valence-electron chi connectivity index (χ2n) is 2.87. The number of carbonyl (C=O) groups is 1. The first-order chi connectivity index (χ1) is 5.35. The fraction of sp³-hybridized carbons (Fsp3) is 0.889. The molecular formula is C9H19NO. The van der Waals surface area contributed by atoms with E-state index in [0.29, 0.717) is 12.5 Å². The van der Waals surface area contributed by atoms with Gasteiger partial charge in [-0.1, -0.05) is 13.3 Å². The number of carbonyl (C=O) groups excluding carboxylic acids is 1. The maximum absolute atomic E-state index is 10.0. The summed E-state index contributed by atoms with van der Waals surface area (Å²) in [7, 11) is 1.99. The lowest BCUT2D eigenvalue weighted by Gasteiger charge is -2.13. The topological polar surface area (TPSA) is 29.1 Å². The Kier molecular flexibility index (Phi) is 7.47. The van der Waals surface area contributed by atoms with Crippen molar-refractivity contribution < 1.29 is 4.79 Å². The lowest BCUT2D eigenvalue weighted by molar-refractivity contribution is -0.107. The average Bonchev–Trinajstić information content (AvgIpc) is 2.03. The summed E-state index contributed by atoms with van der Waals surface area (Å²) in [5.74, 6) is 0. The van der Waals surface area contributed by atoms with E-state index in [1.54, 1.807) is 0 Å². The number of aldehydes is 1. The van der Waals surface area contributed by atoms with Crippen LogP contribution in [0.15, 0.2) is 0 Å². The Balaban J connectivity index is 3.27. The first kappa shape index (κ1) is 10.6. The summed E-state index contributed by atoms with van der Waals surface area (Å²) in [5, 5.41) is 3.25. The minimum Gasteiger partial charge on any atom is -0.317 e. The van der Waals surface area contributed by atoms with Crippen LogP contribution in [0.3, 0.4) is 0 Å². The highest BCUT2D eigenvalue weighted by atomic mass is 16.1. The van der Waals surface area contributed by atoms with Gasteiger partial charge in [0, 0.05) is 12.5 Å². The highest BCUT2D eigenvalue weighted by molar-refractivity contribution is 5.48. The van der Waals surface area contributed by atoms with Crippen LogP contribution in [0.1, 0.15) is 39.0 Å². The van der Waals surface area contributed by atoms with Crippen LogP contribution in [-0.4, -0.2) is 19.4 Å². The van der Waals surface area contributed by atoms with Gasteiger partial charge >= 0.3 is 0 Å². The molecule has 1 atom stereocenters. The molecule has 0 amide bonds. The Morgan fingerprint density at radius 2 is 2.18 bits per heavy atom. The summed E-state index contributed by atoms with van der Waals surface area (Å²) in [4.78, 5) is 10.0. The highest BCUT2D eigenvalue weighted by Gasteiger charge is 2.02. The first-order valence-corrected chi connectivity index (χ1v) is 4.46. The molecule has 11 heavy (non-hydrogen) atoms. The number of nitrogens with one attached hydrogen (secondary N) is 1. The summed E-state index contributed by atoms with van der Waals surface area (Å²) in [6, 6.07) is 0.611. The van der Waals surface area contributed by atoms with Gasteiger partial charge in [0.2, 0.25) is 0 Å². The van der Waals surface area contributed by atoms with Gasteiger partial charge in [-0.2, -0.15) is 0 Å². The van der Waals surface area contributed by atoms with Crippen molar-refractivity contribution in [3.63, 3.8) is 0 Å². The molecule has 0 radical (unpaired) electrons. The molecule has 0 unspecified atom stereocenters. The van der Waals surface area contributed by atoms with Crippen LogP contribution in [-0.2, 0) is 4.79 Å². The van der Waals surface area contributed by atoms with Crippen molar-refractivity contribution in [1.82, 2.24) is 5.32 Å². The molecule has 2 nitrogen and oxygen atoms in total. The fourth-order valence-electron chi connectivity index (χ4n) is 1.23. The predicted octanol–water partition coefficient (Wildman–Crippen LogP) is 1.74. The van der Waals surface area contributed by atoms with Crippen molar-refractivity contribution >= 4 is 6.29 Å². The van der Waals surface area contributed by atoms with Crippen LogP contribution in [0, 0.1) is 0 Å². The Morgan fingerprint density at radius 1 is 1.45 bits per heavy atom. The maximum Gasteiger partial charge on any atom is 0.119 e. The van der Waals surface area contributed by atoms with Crippen molar-refractivity contribution in [2.24, 2.45) is 0 Å². The van der Waals surface area contributed by atoms with E-state index in [4.69, 9.17) is 0 Å². The van der Waals surface area contributed by atoms with Gasteiger partial charge in [-0.25, -0.2) is 0 Å². The Bertz CT molecular complexity index is 93.6. The van der Waals surface area contributed by atoms with Crippen molar-refractivity contribution in [3.05, 3.63) is 0 Å². The molecule has 0 saturated heterocycles. The molecule has 2 heteroatoms. The zero-order chi connectivity index (χ0) is 8.53. The second-order valence-corrected chi connectivity index (χ2v) is 2.87. The van der Waals surface area contributed by atoms with Gasteiger partial charge in [-0.15, -0.1) is 0 Å². The van der Waals surface area contributed by atoms with Crippen LogP contribution in [0.5, 0.6) is 0 Å². The van der Waals surface area contributed by atoms with Crippen molar-refractivity contribution in [2.75, 3.05) is 7.05 Å². The summed E-state index contributed by atoms with van der Waals surface area (Å²) in [5.41, 5.74) is 0. The zero-order valence-corrected chi connectivity index (χ0v) is 7.60. The number of rotatable bonds is 7. The summed E-state index contributed by atoms with van der Waals surface area (Å²) in [6.07, 6.45) is 6.29.